The minimum atomic E-state index is -0.429. The molecule has 0 radical (unpaired) electrons. The zero-order valence-electron chi connectivity index (χ0n) is 13.6. The molecular weight excluding hydrogens is 338 g/mol. The number of carbonyl (C=O) groups excluding carboxylic acids is 2. The Morgan fingerprint density at radius 1 is 1.16 bits per heavy atom. The van der Waals surface area contributed by atoms with Crippen LogP contribution in [0.5, 0.6) is 0 Å². The van der Waals surface area contributed by atoms with Crippen molar-refractivity contribution in [3.8, 4) is 5.69 Å². The van der Waals surface area contributed by atoms with E-state index in [1.807, 2.05) is 36.5 Å². The molecule has 6 nitrogen and oxygen atoms in total. The molecule has 1 aromatic carbocycles. The fraction of sp³-hybridized carbons (Fsp3) is 0.167. The summed E-state index contributed by atoms with van der Waals surface area (Å²) in [6, 6.07) is 13.1. The largest absolute Gasteiger partial charge is 0.465 e. The van der Waals surface area contributed by atoms with Gasteiger partial charge in [-0.1, -0.05) is 12.1 Å². The number of nitrogens with one attached hydrogen (secondary N) is 1. The minimum Gasteiger partial charge on any atom is -0.465 e. The smallest absolute Gasteiger partial charge is 0.348 e. The Hall–Kier alpha value is -2.93. The van der Waals surface area contributed by atoms with Crippen molar-refractivity contribution in [1.82, 2.24) is 15.1 Å². The zero-order chi connectivity index (χ0) is 17.6. The van der Waals surface area contributed by atoms with Gasteiger partial charge in [-0.25, -0.2) is 9.48 Å². The predicted molar refractivity (Wildman–Crippen MR) is 95.3 cm³/mol. The van der Waals surface area contributed by atoms with E-state index < -0.39 is 5.97 Å². The molecule has 0 aliphatic heterocycles. The molecule has 3 aromatic rings. The molecule has 0 unspecified atom stereocenters. The molecule has 0 aliphatic carbocycles. The number of carbonyl (C=O) groups is 2. The number of hydrogen-bond donors (Lipinski definition) is 1. The summed E-state index contributed by atoms with van der Waals surface area (Å²) in [5.41, 5.74) is 2.12. The first kappa shape index (κ1) is 16.9. The average Bonchev–Trinajstić information content (AvgIpc) is 3.33. The van der Waals surface area contributed by atoms with Crippen LogP contribution in [0.15, 0.2) is 54.9 Å². The van der Waals surface area contributed by atoms with Crippen molar-refractivity contribution in [2.24, 2.45) is 0 Å². The Kier molecular flexibility index (Phi) is 5.25. The van der Waals surface area contributed by atoms with Crippen LogP contribution in [0.3, 0.4) is 0 Å². The molecule has 0 aliphatic rings. The summed E-state index contributed by atoms with van der Waals surface area (Å²) in [5, 5.41) is 7.05. The molecule has 25 heavy (non-hydrogen) atoms. The van der Waals surface area contributed by atoms with Crippen LogP contribution in [-0.4, -0.2) is 35.3 Å². The van der Waals surface area contributed by atoms with E-state index in [1.54, 1.807) is 23.0 Å². The van der Waals surface area contributed by atoms with Crippen molar-refractivity contribution in [3.05, 3.63) is 70.2 Å². The van der Waals surface area contributed by atoms with E-state index in [2.05, 4.69) is 15.2 Å². The molecule has 7 heteroatoms. The number of methoxy groups -OCH3 is 1. The number of nitrogens with zero attached hydrogens (tertiary/aromatic N) is 2. The molecule has 0 saturated heterocycles. The lowest BCUT2D eigenvalue weighted by atomic mass is 10.1. The van der Waals surface area contributed by atoms with Gasteiger partial charge in [0.1, 0.15) is 4.88 Å². The van der Waals surface area contributed by atoms with Gasteiger partial charge >= 0.3 is 5.97 Å². The molecule has 0 bridgehead atoms. The van der Waals surface area contributed by atoms with E-state index in [9.17, 15) is 9.59 Å². The highest BCUT2D eigenvalue weighted by Gasteiger charge is 2.13. The van der Waals surface area contributed by atoms with Gasteiger partial charge in [-0.05, 0) is 42.3 Å². The van der Waals surface area contributed by atoms with E-state index in [0.717, 1.165) is 29.0 Å². The summed E-state index contributed by atoms with van der Waals surface area (Å²) in [4.78, 5) is 24.4. The quantitative estimate of drug-likeness (QED) is 0.690. The SMILES string of the molecule is COC(=O)c1ccc(C(=O)NCCc2ccc(-n3cccn3)cc2)s1. The first-order valence-corrected chi connectivity index (χ1v) is 8.54. The molecule has 3 rings (SSSR count). The molecule has 0 spiro atoms. The third-order valence-corrected chi connectivity index (χ3v) is 4.68. The summed E-state index contributed by atoms with van der Waals surface area (Å²) in [6.45, 7) is 0.519. The Morgan fingerprint density at radius 3 is 2.60 bits per heavy atom. The lowest BCUT2D eigenvalue weighted by Gasteiger charge is -2.06. The highest BCUT2D eigenvalue weighted by atomic mass is 32.1. The molecule has 2 aromatic heterocycles. The van der Waals surface area contributed by atoms with Crippen LogP contribution >= 0.6 is 11.3 Å². The van der Waals surface area contributed by atoms with E-state index in [0.29, 0.717) is 16.3 Å². The molecule has 1 N–H and O–H groups in total. The topological polar surface area (TPSA) is 73.2 Å². The minimum absolute atomic E-state index is 0.187. The van der Waals surface area contributed by atoms with Gasteiger partial charge in [-0.15, -0.1) is 11.3 Å². The number of esters is 1. The van der Waals surface area contributed by atoms with Gasteiger partial charge in [0.05, 0.1) is 17.7 Å². The molecule has 2 heterocycles. The molecule has 1 amide bonds. The maximum atomic E-state index is 12.1. The van der Waals surface area contributed by atoms with Gasteiger partial charge in [-0.3, -0.25) is 4.79 Å². The fourth-order valence-electron chi connectivity index (χ4n) is 2.31. The van der Waals surface area contributed by atoms with E-state index >= 15 is 0 Å². The number of rotatable bonds is 6. The molecular formula is C18H17N3O3S. The highest BCUT2D eigenvalue weighted by Crippen LogP contribution is 2.17. The van der Waals surface area contributed by atoms with Gasteiger partial charge in [0.2, 0.25) is 0 Å². The number of amides is 1. The van der Waals surface area contributed by atoms with Gasteiger partial charge < -0.3 is 10.1 Å². The maximum Gasteiger partial charge on any atom is 0.348 e. The van der Waals surface area contributed by atoms with E-state index in [-0.39, 0.29) is 5.91 Å². The third-order valence-electron chi connectivity index (χ3n) is 3.62. The number of ether oxygens (including phenoxy) is 1. The number of benzene rings is 1. The van der Waals surface area contributed by atoms with Crippen molar-refractivity contribution in [2.45, 2.75) is 6.42 Å². The molecule has 0 saturated carbocycles. The zero-order valence-corrected chi connectivity index (χ0v) is 14.5. The monoisotopic (exact) mass is 355 g/mol. The second-order valence-electron chi connectivity index (χ2n) is 5.28. The molecule has 0 fully saturated rings. The predicted octanol–water partition coefficient (Wildman–Crippen LogP) is 2.69. The fourth-order valence-corrected chi connectivity index (χ4v) is 3.16. The standard InChI is InChI=1S/C18H17N3O3S/c1-24-18(23)16-8-7-15(25-16)17(22)19-11-9-13-3-5-14(6-4-13)21-12-2-10-20-21/h2-8,10,12H,9,11H2,1H3,(H,19,22). The van der Waals surface area contributed by atoms with Gasteiger partial charge in [0.15, 0.2) is 0 Å². The second kappa shape index (κ2) is 7.76. The number of hydrogen-bond acceptors (Lipinski definition) is 5. The number of thiophene rings is 1. The summed E-state index contributed by atoms with van der Waals surface area (Å²) in [6.07, 6.45) is 4.35. The second-order valence-corrected chi connectivity index (χ2v) is 6.36. The van der Waals surface area contributed by atoms with E-state index in [1.165, 1.54) is 7.11 Å². The van der Waals surface area contributed by atoms with Crippen molar-refractivity contribution in [1.29, 1.82) is 0 Å². The summed E-state index contributed by atoms with van der Waals surface area (Å²) < 4.78 is 6.43. The van der Waals surface area contributed by atoms with Crippen LogP contribution in [0, 0.1) is 0 Å². The highest BCUT2D eigenvalue weighted by molar-refractivity contribution is 7.15. The lowest BCUT2D eigenvalue weighted by Crippen LogP contribution is -2.24. The van der Waals surface area contributed by atoms with Crippen LogP contribution in [0.4, 0.5) is 0 Å². The first-order chi connectivity index (χ1) is 12.2. The lowest BCUT2D eigenvalue weighted by molar-refractivity contribution is 0.0606. The molecule has 128 valence electrons. The summed E-state index contributed by atoms with van der Waals surface area (Å²) in [7, 11) is 1.32. The first-order valence-electron chi connectivity index (χ1n) is 7.72. The van der Waals surface area contributed by atoms with Crippen molar-refractivity contribution >= 4 is 23.2 Å². The third kappa shape index (κ3) is 4.13. The van der Waals surface area contributed by atoms with Gasteiger partial charge in [-0.2, -0.15) is 5.10 Å². The van der Waals surface area contributed by atoms with Crippen LogP contribution in [0.2, 0.25) is 0 Å². The van der Waals surface area contributed by atoms with Crippen molar-refractivity contribution in [3.63, 3.8) is 0 Å². The Balaban J connectivity index is 1.51. The van der Waals surface area contributed by atoms with Crippen LogP contribution in [0.1, 0.15) is 24.9 Å². The Morgan fingerprint density at radius 2 is 1.92 bits per heavy atom. The Bertz CT molecular complexity index is 854. The van der Waals surface area contributed by atoms with Gasteiger partial charge in [0, 0.05) is 18.9 Å². The Labute approximate surface area is 149 Å². The van der Waals surface area contributed by atoms with E-state index in [4.69, 9.17) is 0 Å². The summed E-state index contributed by atoms with van der Waals surface area (Å²) >= 11 is 1.12. The van der Waals surface area contributed by atoms with Crippen molar-refractivity contribution < 1.29 is 14.3 Å². The van der Waals surface area contributed by atoms with Crippen molar-refractivity contribution in [2.75, 3.05) is 13.7 Å². The average molecular weight is 355 g/mol. The maximum absolute atomic E-state index is 12.1. The normalized spacial score (nSPS) is 10.4. The summed E-state index contributed by atoms with van der Waals surface area (Å²) in [5.74, 6) is -0.616. The van der Waals surface area contributed by atoms with Crippen LogP contribution in [0.25, 0.3) is 5.69 Å². The van der Waals surface area contributed by atoms with Crippen LogP contribution < -0.4 is 5.32 Å². The molecule has 0 atom stereocenters. The van der Waals surface area contributed by atoms with Gasteiger partial charge in [0.25, 0.3) is 5.91 Å². The number of aromatic nitrogens is 2. The van der Waals surface area contributed by atoms with Crippen LogP contribution in [-0.2, 0) is 11.2 Å².